The van der Waals surface area contributed by atoms with Crippen LogP contribution in [0.25, 0.3) is 6.08 Å². The molecule has 0 bridgehead atoms. The minimum Gasteiger partial charge on any atom is -0.504 e. The molecule has 1 fully saturated rings. The first-order chi connectivity index (χ1) is 12.5. The predicted octanol–water partition coefficient (Wildman–Crippen LogP) is 4.45. The fourth-order valence-corrected chi connectivity index (χ4v) is 4.50. The van der Waals surface area contributed by atoms with Crippen LogP contribution in [0.3, 0.4) is 0 Å². The Morgan fingerprint density at radius 1 is 1.31 bits per heavy atom. The maximum atomic E-state index is 12.7. The molecule has 1 N–H and O–H groups in total. The standard InChI is InChI=1S/C19H16INO3S2/c1-24-15-10-13(9-14(20)17(15)22)11-16-18(23)21(19(25)26-16)8-7-12-5-3-2-4-6-12/h2-6,9-11,22H,7-8H2,1H3/b16-11-. The van der Waals surface area contributed by atoms with Gasteiger partial charge in [-0.3, -0.25) is 9.69 Å². The SMILES string of the molecule is COc1cc(/C=C2\SC(=S)N(CCc3ccccc3)C2=O)cc(I)c1O. The van der Waals surface area contributed by atoms with Gasteiger partial charge in [0.15, 0.2) is 11.5 Å². The summed E-state index contributed by atoms with van der Waals surface area (Å²) in [5, 5.41) is 9.94. The van der Waals surface area contributed by atoms with Gasteiger partial charge in [-0.1, -0.05) is 54.3 Å². The van der Waals surface area contributed by atoms with Crippen molar-refractivity contribution in [1.29, 1.82) is 0 Å². The summed E-state index contributed by atoms with van der Waals surface area (Å²) in [6, 6.07) is 13.5. The van der Waals surface area contributed by atoms with Crippen LogP contribution in [0.15, 0.2) is 47.4 Å². The summed E-state index contributed by atoms with van der Waals surface area (Å²) in [6.45, 7) is 0.558. The molecule has 0 aliphatic carbocycles. The van der Waals surface area contributed by atoms with Crippen molar-refractivity contribution in [3.05, 3.63) is 62.1 Å². The molecule has 134 valence electrons. The van der Waals surface area contributed by atoms with E-state index in [4.69, 9.17) is 17.0 Å². The number of amides is 1. The maximum absolute atomic E-state index is 12.7. The molecule has 3 rings (SSSR count). The van der Waals surface area contributed by atoms with E-state index in [0.29, 0.717) is 25.1 Å². The smallest absolute Gasteiger partial charge is 0.266 e. The summed E-state index contributed by atoms with van der Waals surface area (Å²) < 4.78 is 6.40. The van der Waals surface area contributed by atoms with Crippen LogP contribution in [0.4, 0.5) is 0 Å². The lowest BCUT2D eigenvalue weighted by atomic mass is 10.1. The van der Waals surface area contributed by atoms with E-state index < -0.39 is 0 Å². The van der Waals surface area contributed by atoms with Gasteiger partial charge in [0.1, 0.15) is 4.32 Å². The number of halogens is 1. The van der Waals surface area contributed by atoms with Gasteiger partial charge in [0, 0.05) is 6.54 Å². The molecule has 26 heavy (non-hydrogen) atoms. The molecular formula is C19H16INO3S2. The number of thiocarbonyl (C=S) groups is 1. The number of phenols is 1. The number of carbonyl (C=O) groups excluding carboxylic acids is 1. The molecule has 0 aromatic heterocycles. The van der Waals surface area contributed by atoms with Crippen molar-refractivity contribution < 1.29 is 14.6 Å². The number of methoxy groups -OCH3 is 1. The second-order valence-electron chi connectivity index (χ2n) is 5.62. The Labute approximate surface area is 175 Å². The predicted molar refractivity (Wildman–Crippen MR) is 117 cm³/mol. The van der Waals surface area contributed by atoms with Crippen LogP contribution in [-0.2, 0) is 11.2 Å². The van der Waals surface area contributed by atoms with Gasteiger partial charge in [0.2, 0.25) is 0 Å². The number of carbonyl (C=O) groups is 1. The summed E-state index contributed by atoms with van der Waals surface area (Å²) in [4.78, 5) is 14.9. The van der Waals surface area contributed by atoms with Crippen LogP contribution in [0.2, 0.25) is 0 Å². The molecule has 0 radical (unpaired) electrons. The highest BCUT2D eigenvalue weighted by Gasteiger charge is 2.31. The van der Waals surface area contributed by atoms with Crippen LogP contribution in [-0.4, -0.2) is 33.9 Å². The van der Waals surface area contributed by atoms with E-state index in [9.17, 15) is 9.90 Å². The van der Waals surface area contributed by atoms with E-state index in [2.05, 4.69) is 0 Å². The van der Waals surface area contributed by atoms with E-state index in [0.717, 1.165) is 12.0 Å². The molecule has 2 aromatic rings. The first-order valence-electron chi connectivity index (χ1n) is 7.85. The topological polar surface area (TPSA) is 49.8 Å². The third kappa shape index (κ3) is 4.21. The molecule has 1 amide bonds. The third-order valence-electron chi connectivity index (χ3n) is 3.91. The lowest BCUT2D eigenvalue weighted by Gasteiger charge is -2.14. The zero-order valence-electron chi connectivity index (χ0n) is 13.9. The van der Waals surface area contributed by atoms with Crippen LogP contribution in [0, 0.1) is 3.57 Å². The zero-order valence-corrected chi connectivity index (χ0v) is 17.7. The zero-order chi connectivity index (χ0) is 18.7. The number of benzene rings is 2. The Balaban J connectivity index is 1.78. The van der Waals surface area contributed by atoms with E-state index in [1.165, 1.54) is 24.4 Å². The van der Waals surface area contributed by atoms with Gasteiger partial charge in [0.05, 0.1) is 15.6 Å². The van der Waals surface area contributed by atoms with Gasteiger partial charge >= 0.3 is 0 Å². The quantitative estimate of drug-likeness (QED) is 0.376. The van der Waals surface area contributed by atoms with Crippen LogP contribution >= 0.6 is 46.6 Å². The van der Waals surface area contributed by atoms with Crippen LogP contribution < -0.4 is 4.74 Å². The maximum Gasteiger partial charge on any atom is 0.266 e. The van der Waals surface area contributed by atoms with Gasteiger partial charge < -0.3 is 9.84 Å². The Hall–Kier alpha value is -1.58. The first kappa shape index (κ1) is 19.2. The molecule has 4 nitrogen and oxygen atoms in total. The normalized spacial score (nSPS) is 15.8. The molecule has 1 saturated heterocycles. The molecule has 7 heteroatoms. The van der Waals surface area contributed by atoms with Crippen molar-refractivity contribution in [2.45, 2.75) is 6.42 Å². The molecule has 0 atom stereocenters. The molecular weight excluding hydrogens is 481 g/mol. The van der Waals surface area contributed by atoms with Crippen LogP contribution in [0.1, 0.15) is 11.1 Å². The number of aromatic hydroxyl groups is 1. The number of thioether (sulfide) groups is 1. The second kappa shape index (κ2) is 8.41. The fourth-order valence-electron chi connectivity index (χ4n) is 2.56. The largest absolute Gasteiger partial charge is 0.504 e. The first-order valence-corrected chi connectivity index (χ1v) is 10.2. The number of hydrogen-bond acceptors (Lipinski definition) is 5. The monoisotopic (exact) mass is 497 g/mol. The average Bonchev–Trinajstić information content (AvgIpc) is 2.90. The number of phenolic OH excluding ortho intramolecular Hbond substituents is 1. The lowest BCUT2D eigenvalue weighted by molar-refractivity contribution is -0.122. The number of hydrogen-bond donors (Lipinski definition) is 1. The van der Waals surface area contributed by atoms with Gasteiger partial charge in [0.25, 0.3) is 5.91 Å². The summed E-state index contributed by atoms with van der Waals surface area (Å²) in [7, 11) is 1.50. The molecule has 0 saturated carbocycles. The van der Waals surface area contributed by atoms with Crippen molar-refractivity contribution in [1.82, 2.24) is 4.90 Å². The molecule has 1 aliphatic heterocycles. The van der Waals surface area contributed by atoms with E-state index in [1.54, 1.807) is 23.1 Å². The van der Waals surface area contributed by atoms with Crippen molar-refractivity contribution in [3.63, 3.8) is 0 Å². The van der Waals surface area contributed by atoms with E-state index >= 15 is 0 Å². The molecule has 1 aliphatic rings. The fraction of sp³-hybridized carbons (Fsp3) is 0.158. The third-order valence-corrected chi connectivity index (χ3v) is 6.11. The number of ether oxygens (including phenoxy) is 1. The van der Waals surface area contributed by atoms with Gasteiger partial charge in [-0.25, -0.2) is 0 Å². The summed E-state index contributed by atoms with van der Waals surface area (Å²) in [5.74, 6) is 0.390. The highest BCUT2D eigenvalue weighted by atomic mass is 127. The van der Waals surface area contributed by atoms with Crippen molar-refractivity contribution in [2.24, 2.45) is 0 Å². The Morgan fingerprint density at radius 3 is 2.73 bits per heavy atom. The molecule has 0 unspecified atom stereocenters. The van der Waals surface area contributed by atoms with Crippen LogP contribution in [0.5, 0.6) is 11.5 Å². The molecule has 1 heterocycles. The Morgan fingerprint density at radius 2 is 2.04 bits per heavy atom. The Bertz CT molecular complexity index is 884. The number of nitrogens with zero attached hydrogens (tertiary/aromatic N) is 1. The molecule has 0 spiro atoms. The molecule has 2 aromatic carbocycles. The highest BCUT2D eigenvalue weighted by Crippen LogP contribution is 2.36. The highest BCUT2D eigenvalue weighted by molar-refractivity contribution is 14.1. The number of rotatable bonds is 5. The summed E-state index contributed by atoms with van der Waals surface area (Å²) in [5.41, 5.74) is 1.95. The van der Waals surface area contributed by atoms with E-state index in [-0.39, 0.29) is 11.7 Å². The second-order valence-corrected chi connectivity index (χ2v) is 8.46. The average molecular weight is 497 g/mol. The van der Waals surface area contributed by atoms with Gasteiger partial charge in [-0.2, -0.15) is 0 Å². The minimum absolute atomic E-state index is 0.0852. The van der Waals surface area contributed by atoms with Crippen molar-refractivity contribution in [3.8, 4) is 11.5 Å². The summed E-state index contributed by atoms with van der Waals surface area (Å²) >= 11 is 8.71. The van der Waals surface area contributed by atoms with Crippen molar-refractivity contribution in [2.75, 3.05) is 13.7 Å². The summed E-state index contributed by atoms with van der Waals surface area (Å²) in [6.07, 6.45) is 2.54. The van der Waals surface area contributed by atoms with Gasteiger partial charge in [-0.15, -0.1) is 0 Å². The van der Waals surface area contributed by atoms with E-state index in [1.807, 2.05) is 52.9 Å². The minimum atomic E-state index is -0.0852. The lowest BCUT2D eigenvalue weighted by Crippen LogP contribution is -2.30. The van der Waals surface area contributed by atoms with Crippen molar-refractivity contribution >= 4 is 62.9 Å². The van der Waals surface area contributed by atoms with Gasteiger partial charge in [-0.05, 0) is 58.3 Å². The Kier molecular flexibility index (Phi) is 6.20.